The number of fused-ring (bicyclic) bond motifs is 5. The van der Waals surface area contributed by atoms with Crippen molar-refractivity contribution in [2.75, 3.05) is 5.32 Å². The van der Waals surface area contributed by atoms with Crippen molar-refractivity contribution < 1.29 is 22.2 Å². The number of carbonyl (C=O) groups is 2. The predicted molar refractivity (Wildman–Crippen MR) is 133 cm³/mol. The van der Waals surface area contributed by atoms with Crippen molar-refractivity contribution >= 4 is 38.5 Å². The zero-order chi connectivity index (χ0) is 25.0. The summed E-state index contributed by atoms with van der Waals surface area (Å²) in [5.74, 6) is 1.65. The van der Waals surface area contributed by atoms with E-state index in [1.54, 1.807) is 18.3 Å². The standard InChI is InChI=1S/C25H31N3O5S2/c1-14-13-27-24(34-14)28-22(30)8-4-16-12-21(29)25(2)10-9-19-18-7-5-17(33-35(26,31)32)11-15(18)3-6-20(19)23(16)25/h5,7,11,13,16,19-20,23H,3-4,6,8-10,12H2,1-2H3,(H2,26,31,32)(H,27,28,30)/t16-,19?,20?,23?,25-/m1/s1. The highest BCUT2D eigenvalue weighted by molar-refractivity contribution is 7.84. The number of rotatable bonds is 6. The fraction of sp³-hybridized carbons (Fsp3) is 0.560. The summed E-state index contributed by atoms with van der Waals surface area (Å²) in [4.78, 5) is 31.0. The number of nitrogens with zero attached hydrogens (tertiary/aromatic N) is 1. The van der Waals surface area contributed by atoms with Gasteiger partial charge in [-0.15, -0.1) is 11.3 Å². The Labute approximate surface area is 209 Å². The summed E-state index contributed by atoms with van der Waals surface area (Å²) in [6, 6.07) is 5.41. The second kappa shape index (κ2) is 8.97. The van der Waals surface area contributed by atoms with Crippen molar-refractivity contribution in [3.05, 3.63) is 40.4 Å². The molecule has 0 spiro atoms. The topological polar surface area (TPSA) is 128 Å². The molecule has 0 bridgehead atoms. The molecule has 3 N–H and O–H groups in total. The molecule has 1 aromatic heterocycles. The van der Waals surface area contributed by atoms with E-state index in [0.717, 1.165) is 36.1 Å². The summed E-state index contributed by atoms with van der Waals surface area (Å²) >= 11 is 1.46. The third-order valence-corrected chi connectivity index (χ3v) is 9.62. The van der Waals surface area contributed by atoms with Gasteiger partial charge in [-0.05, 0) is 86.0 Å². The van der Waals surface area contributed by atoms with Gasteiger partial charge in [0.15, 0.2) is 5.13 Å². The number of aryl methyl sites for hydroxylation is 2. The quantitative estimate of drug-likeness (QED) is 0.594. The number of ketones is 1. The Balaban J connectivity index is 1.33. The number of amides is 1. The summed E-state index contributed by atoms with van der Waals surface area (Å²) in [7, 11) is -4.07. The lowest BCUT2D eigenvalue weighted by molar-refractivity contribution is -0.129. The van der Waals surface area contributed by atoms with Crippen LogP contribution in [-0.2, 0) is 26.3 Å². The molecule has 1 amide bonds. The first kappa shape index (κ1) is 24.4. The van der Waals surface area contributed by atoms with E-state index >= 15 is 0 Å². The number of benzene rings is 1. The van der Waals surface area contributed by atoms with Crippen molar-refractivity contribution in [1.29, 1.82) is 0 Å². The Hall–Kier alpha value is -2.30. The maximum Gasteiger partial charge on any atom is 0.380 e. The first-order chi connectivity index (χ1) is 16.5. The van der Waals surface area contributed by atoms with Crippen LogP contribution in [0.2, 0.25) is 0 Å². The van der Waals surface area contributed by atoms with Gasteiger partial charge in [-0.2, -0.15) is 13.6 Å². The predicted octanol–water partition coefficient (Wildman–Crippen LogP) is 4.10. The number of anilines is 1. The highest BCUT2D eigenvalue weighted by atomic mass is 32.2. The van der Waals surface area contributed by atoms with Gasteiger partial charge in [-0.1, -0.05) is 13.0 Å². The van der Waals surface area contributed by atoms with Crippen LogP contribution in [0.15, 0.2) is 24.4 Å². The van der Waals surface area contributed by atoms with E-state index < -0.39 is 10.3 Å². The molecule has 10 heteroatoms. The van der Waals surface area contributed by atoms with Crippen LogP contribution in [-0.4, -0.2) is 25.1 Å². The molecule has 5 atom stereocenters. The van der Waals surface area contributed by atoms with Gasteiger partial charge in [0.1, 0.15) is 11.5 Å². The maximum atomic E-state index is 13.2. The normalized spacial score (nSPS) is 29.7. The SMILES string of the molecule is Cc1cnc(NC(=O)CC[C@@H]2CC(=O)[C@@]3(C)CCC4c5ccc(OS(N)(=O)=O)cc5CCC4C23)s1. The van der Waals surface area contributed by atoms with Gasteiger partial charge in [0, 0.05) is 29.3 Å². The zero-order valence-corrected chi connectivity index (χ0v) is 21.6. The molecular formula is C25H31N3O5S2. The number of hydrogen-bond donors (Lipinski definition) is 2. The average molecular weight is 518 g/mol. The maximum absolute atomic E-state index is 13.2. The van der Waals surface area contributed by atoms with Gasteiger partial charge in [0.2, 0.25) is 5.91 Å². The molecule has 3 unspecified atom stereocenters. The Kier molecular flexibility index (Phi) is 6.26. The van der Waals surface area contributed by atoms with Crippen LogP contribution in [0.25, 0.3) is 0 Å². The smallest absolute Gasteiger partial charge is 0.371 e. The third-order valence-electron chi connectivity index (χ3n) is 8.36. The number of nitrogens with one attached hydrogen (secondary N) is 1. The van der Waals surface area contributed by atoms with Gasteiger partial charge in [0.05, 0.1) is 0 Å². The second-order valence-corrected chi connectivity index (χ2v) is 12.9. The molecule has 5 rings (SSSR count). The summed E-state index contributed by atoms with van der Waals surface area (Å²) in [6.45, 7) is 4.08. The number of thiazole rings is 1. The third kappa shape index (κ3) is 4.75. The van der Waals surface area contributed by atoms with Gasteiger partial charge < -0.3 is 9.50 Å². The first-order valence-electron chi connectivity index (χ1n) is 12.1. The molecule has 0 aliphatic heterocycles. The summed E-state index contributed by atoms with van der Waals surface area (Å²) in [5.41, 5.74) is 1.98. The fourth-order valence-electron chi connectivity index (χ4n) is 6.98. The van der Waals surface area contributed by atoms with Gasteiger partial charge in [-0.25, -0.2) is 4.98 Å². The number of aromatic nitrogens is 1. The Morgan fingerprint density at radius 2 is 2.14 bits per heavy atom. The molecule has 2 aromatic rings. The minimum absolute atomic E-state index is 0.0517. The molecule has 0 radical (unpaired) electrons. The van der Waals surface area contributed by atoms with Crippen LogP contribution in [0.5, 0.6) is 5.75 Å². The van der Waals surface area contributed by atoms with Crippen LogP contribution in [0, 0.1) is 30.1 Å². The molecule has 188 valence electrons. The molecule has 8 nitrogen and oxygen atoms in total. The van der Waals surface area contributed by atoms with Gasteiger partial charge >= 0.3 is 10.3 Å². The zero-order valence-electron chi connectivity index (χ0n) is 20.0. The molecule has 1 aromatic carbocycles. The van der Waals surface area contributed by atoms with Crippen molar-refractivity contribution in [1.82, 2.24) is 4.98 Å². The van der Waals surface area contributed by atoms with Gasteiger partial charge in [-0.3, -0.25) is 9.59 Å². The molecule has 0 saturated heterocycles. The van der Waals surface area contributed by atoms with Crippen LogP contribution < -0.4 is 14.6 Å². The molecule has 2 fully saturated rings. The largest absolute Gasteiger partial charge is 0.380 e. The molecular weight excluding hydrogens is 486 g/mol. The summed E-state index contributed by atoms with van der Waals surface area (Å²) in [6.07, 6.45) is 6.87. The number of hydrogen-bond acceptors (Lipinski definition) is 7. The van der Waals surface area contributed by atoms with E-state index in [1.807, 2.05) is 13.0 Å². The Bertz CT molecular complexity index is 1270. The van der Waals surface area contributed by atoms with Crippen LogP contribution in [0.4, 0.5) is 5.13 Å². The van der Waals surface area contributed by atoms with Crippen LogP contribution in [0.3, 0.4) is 0 Å². The average Bonchev–Trinajstić information content (AvgIpc) is 3.30. The highest BCUT2D eigenvalue weighted by Crippen LogP contribution is 2.62. The van der Waals surface area contributed by atoms with E-state index in [9.17, 15) is 18.0 Å². The minimum atomic E-state index is -4.07. The lowest BCUT2D eigenvalue weighted by Gasteiger charge is -2.50. The van der Waals surface area contributed by atoms with E-state index in [-0.39, 0.29) is 28.9 Å². The van der Waals surface area contributed by atoms with E-state index in [1.165, 1.54) is 16.9 Å². The number of Topliss-reactive ketones (excluding diaryl/α,β-unsaturated/α-hetero) is 1. The van der Waals surface area contributed by atoms with E-state index in [0.29, 0.717) is 42.0 Å². The number of nitrogens with two attached hydrogens (primary N) is 1. The lowest BCUT2D eigenvalue weighted by atomic mass is 9.54. The molecule has 3 aliphatic rings. The van der Waals surface area contributed by atoms with Crippen molar-refractivity contribution in [3.63, 3.8) is 0 Å². The molecule has 35 heavy (non-hydrogen) atoms. The van der Waals surface area contributed by atoms with Crippen LogP contribution in [0.1, 0.15) is 67.4 Å². The molecule has 2 saturated carbocycles. The van der Waals surface area contributed by atoms with Crippen molar-refractivity contribution in [2.45, 2.75) is 64.7 Å². The first-order valence-corrected chi connectivity index (χ1v) is 14.4. The second-order valence-electron chi connectivity index (χ2n) is 10.5. The summed E-state index contributed by atoms with van der Waals surface area (Å²) in [5, 5.41) is 8.54. The number of carbonyl (C=O) groups excluding carboxylic acids is 2. The summed E-state index contributed by atoms with van der Waals surface area (Å²) < 4.78 is 27.5. The monoisotopic (exact) mass is 517 g/mol. The highest BCUT2D eigenvalue weighted by Gasteiger charge is 2.58. The Morgan fingerprint density at radius 1 is 1.34 bits per heavy atom. The van der Waals surface area contributed by atoms with Crippen LogP contribution >= 0.6 is 11.3 Å². The van der Waals surface area contributed by atoms with Gasteiger partial charge in [0.25, 0.3) is 0 Å². The molecule has 3 aliphatic carbocycles. The van der Waals surface area contributed by atoms with Crippen molar-refractivity contribution in [3.8, 4) is 5.75 Å². The van der Waals surface area contributed by atoms with E-state index in [2.05, 4.69) is 17.2 Å². The van der Waals surface area contributed by atoms with Crippen molar-refractivity contribution in [2.24, 2.45) is 28.3 Å². The Morgan fingerprint density at radius 3 is 2.86 bits per heavy atom. The lowest BCUT2D eigenvalue weighted by Crippen LogP contribution is -2.44. The fourth-order valence-corrected chi connectivity index (χ4v) is 8.03. The van der Waals surface area contributed by atoms with E-state index in [4.69, 9.17) is 9.32 Å². The minimum Gasteiger partial charge on any atom is -0.371 e. The molecule has 1 heterocycles.